The lowest BCUT2D eigenvalue weighted by molar-refractivity contribution is -0.125. The topological polar surface area (TPSA) is 29.1 Å². The van der Waals surface area contributed by atoms with Crippen molar-refractivity contribution in [3.63, 3.8) is 0 Å². The molecule has 2 nitrogen and oxygen atoms in total. The van der Waals surface area contributed by atoms with E-state index in [-0.39, 0.29) is 17.9 Å². The van der Waals surface area contributed by atoms with Crippen LogP contribution in [0.1, 0.15) is 39.2 Å². The van der Waals surface area contributed by atoms with Crippen molar-refractivity contribution in [2.24, 2.45) is 5.92 Å². The fraction of sp³-hybridized carbons (Fsp3) is 0.471. The van der Waals surface area contributed by atoms with Gasteiger partial charge >= 0.3 is 0 Å². The Morgan fingerprint density at radius 1 is 1.24 bits per heavy atom. The Morgan fingerprint density at radius 2 is 1.81 bits per heavy atom. The fourth-order valence-electron chi connectivity index (χ4n) is 2.25. The zero-order valence-corrected chi connectivity index (χ0v) is 12.9. The monoisotopic (exact) mass is 295 g/mol. The van der Waals surface area contributed by atoms with Crippen LogP contribution in [0.25, 0.3) is 0 Å². The second-order valence-corrected chi connectivity index (χ2v) is 5.84. The number of nitrogens with one attached hydrogen (secondary N) is 1. The number of rotatable bonds is 7. The molecule has 0 aliphatic carbocycles. The molecule has 0 saturated heterocycles. The second-order valence-electron chi connectivity index (χ2n) is 5.84. The van der Waals surface area contributed by atoms with E-state index in [1.807, 2.05) is 20.8 Å². The van der Waals surface area contributed by atoms with E-state index in [2.05, 4.69) is 11.9 Å². The molecule has 0 heterocycles. The first-order chi connectivity index (χ1) is 9.77. The van der Waals surface area contributed by atoms with Gasteiger partial charge < -0.3 is 5.32 Å². The molecule has 1 aromatic carbocycles. The molecule has 1 atom stereocenters. The predicted molar refractivity (Wildman–Crippen MR) is 80.9 cm³/mol. The van der Waals surface area contributed by atoms with Crippen molar-refractivity contribution < 1.29 is 13.6 Å². The standard InChI is InChI=1S/C17H23F2NO/c1-11(2)7-14(17(21)20-12(3)4)6-5-13-8-15(18)10-16(19)9-13/h8-10,12,14H,1,5-7H2,2-4H3,(H,20,21). The Hall–Kier alpha value is -1.71. The van der Waals surface area contributed by atoms with E-state index in [9.17, 15) is 13.6 Å². The van der Waals surface area contributed by atoms with Crippen molar-refractivity contribution >= 4 is 5.91 Å². The summed E-state index contributed by atoms with van der Waals surface area (Å²) in [6, 6.07) is 3.53. The minimum absolute atomic E-state index is 0.0372. The third kappa shape index (κ3) is 6.52. The zero-order chi connectivity index (χ0) is 16.0. The summed E-state index contributed by atoms with van der Waals surface area (Å²) in [5, 5.41) is 2.88. The molecule has 0 spiro atoms. The van der Waals surface area contributed by atoms with Crippen LogP contribution in [-0.2, 0) is 11.2 Å². The van der Waals surface area contributed by atoms with Gasteiger partial charge in [0, 0.05) is 18.0 Å². The molecule has 1 amide bonds. The largest absolute Gasteiger partial charge is 0.354 e. The first-order valence-electron chi connectivity index (χ1n) is 7.17. The van der Waals surface area contributed by atoms with Crippen LogP contribution in [0, 0.1) is 17.6 Å². The third-order valence-corrected chi connectivity index (χ3v) is 3.10. The Balaban J connectivity index is 2.72. The van der Waals surface area contributed by atoms with E-state index in [1.165, 1.54) is 12.1 Å². The number of carbonyl (C=O) groups excluding carboxylic acids is 1. The summed E-state index contributed by atoms with van der Waals surface area (Å²) in [7, 11) is 0. The normalized spacial score (nSPS) is 12.3. The number of hydrogen-bond acceptors (Lipinski definition) is 1. The van der Waals surface area contributed by atoms with Gasteiger partial charge in [-0.15, -0.1) is 6.58 Å². The summed E-state index contributed by atoms with van der Waals surface area (Å²) in [6.07, 6.45) is 1.57. The average molecular weight is 295 g/mol. The summed E-state index contributed by atoms with van der Waals surface area (Å²) >= 11 is 0. The lowest BCUT2D eigenvalue weighted by Gasteiger charge is -2.18. The van der Waals surface area contributed by atoms with Gasteiger partial charge in [0.05, 0.1) is 0 Å². The van der Waals surface area contributed by atoms with Crippen LogP contribution >= 0.6 is 0 Å². The minimum atomic E-state index is -0.590. The number of amides is 1. The van der Waals surface area contributed by atoms with Crippen LogP contribution < -0.4 is 5.32 Å². The van der Waals surface area contributed by atoms with Crippen LogP contribution in [0.15, 0.2) is 30.4 Å². The van der Waals surface area contributed by atoms with Crippen LogP contribution in [0.4, 0.5) is 8.78 Å². The van der Waals surface area contributed by atoms with Crippen LogP contribution in [0.2, 0.25) is 0 Å². The molecule has 0 aromatic heterocycles. The zero-order valence-electron chi connectivity index (χ0n) is 12.9. The van der Waals surface area contributed by atoms with Crippen LogP contribution in [0.3, 0.4) is 0 Å². The van der Waals surface area contributed by atoms with Crippen LogP contribution in [0.5, 0.6) is 0 Å². The molecule has 1 N–H and O–H groups in total. The number of benzene rings is 1. The van der Waals surface area contributed by atoms with E-state index >= 15 is 0 Å². The molecule has 1 unspecified atom stereocenters. The second kappa shape index (κ2) is 7.91. The number of carbonyl (C=O) groups is 1. The lowest BCUT2D eigenvalue weighted by Crippen LogP contribution is -2.36. The molecule has 0 aliphatic rings. The van der Waals surface area contributed by atoms with E-state index in [0.717, 1.165) is 11.6 Å². The van der Waals surface area contributed by atoms with E-state index in [1.54, 1.807) is 0 Å². The molecule has 0 radical (unpaired) electrons. The molecule has 0 bridgehead atoms. The number of halogens is 2. The Morgan fingerprint density at radius 3 is 2.29 bits per heavy atom. The molecular weight excluding hydrogens is 272 g/mol. The van der Waals surface area contributed by atoms with Gasteiger partial charge in [0.2, 0.25) is 5.91 Å². The molecule has 116 valence electrons. The summed E-state index contributed by atoms with van der Waals surface area (Å²) in [6.45, 7) is 9.51. The van der Waals surface area contributed by atoms with Crippen molar-refractivity contribution in [2.45, 2.75) is 46.1 Å². The fourth-order valence-corrected chi connectivity index (χ4v) is 2.25. The van der Waals surface area contributed by atoms with Crippen molar-refractivity contribution in [3.05, 3.63) is 47.5 Å². The quantitative estimate of drug-likeness (QED) is 0.757. The van der Waals surface area contributed by atoms with Gasteiger partial charge in [-0.3, -0.25) is 4.79 Å². The maximum atomic E-state index is 13.2. The maximum Gasteiger partial charge on any atom is 0.223 e. The highest BCUT2D eigenvalue weighted by Gasteiger charge is 2.19. The number of allylic oxidation sites excluding steroid dienone is 1. The molecular formula is C17H23F2NO. The predicted octanol–water partition coefficient (Wildman–Crippen LogP) is 4.00. The lowest BCUT2D eigenvalue weighted by atomic mass is 9.92. The summed E-state index contributed by atoms with van der Waals surface area (Å²) in [5.74, 6) is -1.44. The smallest absolute Gasteiger partial charge is 0.223 e. The Bertz CT molecular complexity index is 491. The molecule has 1 aromatic rings. The van der Waals surface area contributed by atoms with E-state index in [0.29, 0.717) is 24.8 Å². The van der Waals surface area contributed by atoms with Crippen molar-refractivity contribution in [1.82, 2.24) is 5.32 Å². The van der Waals surface area contributed by atoms with Crippen molar-refractivity contribution in [3.8, 4) is 0 Å². The van der Waals surface area contributed by atoms with Crippen molar-refractivity contribution in [1.29, 1.82) is 0 Å². The Kier molecular flexibility index (Phi) is 6.53. The Labute approximate surface area is 125 Å². The van der Waals surface area contributed by atoms with E-state index < -0.39 is 11.6 Å². The molecule has 0 aliphatic heterocycles. The van der Waals surface area contributed by atoms with Gasteiger partial charge in [0.25, 0.3) is 0 Å². The van der Waals surface area contributed by atoms with Gasteiger partial charge in [0.1, 0.15) is 11.6 Å². The highest BCUT2D eigenvalue weighted by Crippen LogP contribution is 2.19. The molecule has 0 saturated carbocycles. The number of hydrogen-bond donors (Lipinski definition) is 1. The molecule has 4 heteroatoms. The van der Waals surface area contributed by atoms with Gasteiger partial charge in [-0.05, 0) is 57.7 Å². The van der Waals surface area contributed by atoms with Gasteiger partial charge in [-0.2, -0.15) is 0 Å². The van der Waals surface area contributed by atoms with Crippen LogP contribution in [-0.4, -0.2) is 11.9 Å². The van der Waals surface area contributed by atoms with Gasteiger partial charge in [-0.1, -0.05) is 5.57 Å². The van der Waals surface area contributed by atoms with Gasteiger partial charge in [-0.25, -0.2) is 8.78 Å². The maximum absolute atomic E-state index is 13.2. The SMILES string of the molecule is C=C(C)CC(CCc1cc(F)cc(F)c1)C(=O)NC(C)C. The average Bonchev–Trinajstić information content (AvgIpc) is 2.31. The first kappa shape index (κ1) is 17.3. The first-order valence-corrected chi connectivity index (χ1v) is 7.17. The minimum Gasteiger partial charge on any atom is -0.354 e. The highest BCUT2D eigenvalue weighted by molar-refractivity contribution is 5.79. The molecule has 0 fully saturated rings. The third-order valence-electron chi connectivity index (χ3n) is 3.10. The summed E-state index contributed by atoms with van der Waals surface area (Å²) in [5.41, 5.74) is 1.49. The van der Waals surface area contributed by atoms with E-state index in [4.69, 9.17) is 0 Å². The number of aryl methyl sites for hydroxylation is 1. The molecule has 21 heavy (non-hydrogen) atoms. The summed E-state index contributed by atoms with van der Waals surface area (Å²) in [4.78, 5) is 12.1. The molecule has 1 rings (SSSR count). The summed E-state index contributed by atoms with van der Waals surface area (Å²) < 4.78 is 26.3. The van der Waals surface area contributed by atoms with Crippen molar-refractivity contribution in [2.75, 3.05) is 0 Å². The van der Waals surface area contributed by atoms with Gasteiger partial charge in [0.15, 0.2) is 0 Å². The highest BCUT2D eigenvalue weighted by atomic mass is 19.1.